The van der Waals surface area contributed by atoms with Crippen molar-refractivity contribution in [3.8, 4) is 0 Å². The molecule has 2 N–H and O–H groups in total. The Hall–Kier alpha value is -1.39. The molecule has 1 amide bonds. The van der Waals surface area contributed by atoms with Crippen LogP contribution in [0.5, 0.6) is 0 Å². The topological polar surface area (TPSA) is 50.4 Å². The highest BCUT2D eigenvalue weighted by Crippen LogP contribution is 2.27. The fourth-order valence-electron chi connectivity index (χ4n) is 1.47. The molecule has 0 radical (unpaired) electrons. The molecule has 0 aliphatic heterocycles. The minimum atomic E-state index is -0.00929. The lowest BCUT2D eigenvalue weighted by atomic mass is 10.2. The van der Waals surface area contributed by atoms with E-state index < -0.39 is 0 Å². The highest BCUT2D eigenvalue weighted by molar-refractivity contribution is 5.77. The van der Waals surface area contributed by atoms with Crippen LogP contribution >= 0.6 is 0 Å². The summed E-state index contributed by atoms with van der Waals surface area (Å²) in [6.07, 6.45) is 2.50. The first-order valence-corrected chi connectivity index (χ1v) is 6.00. The molecule has 2 rings (SSSR count). The Bertz CT molecular complexity index is 350. The number of rotatable bonds is 7. The smallest absolute Gasteiger partial charge is 0.236 e. The van der Waals surface area contributed by atoms with Gasteiger partial charge in [-0.3, -0.25) is 9.63 Å². The first-order valence-electron chi connectivity index (χ1n) is 6.00. The Morgan fingerprint density at radius 1 is 1.29 bits per heavy atom. The zero-order chi connectivity index (χ0) is 11.9. The van der Waals surface area contributed by atoms with E-state index in [9.17, 15) is 4.79 Å². The third-order valence-corrected chi connectivity index (χ3v) is 2.70. The average Bonchev–Trinajstić information content (AvgIpc) is 3.17. The SMILES string of the molecule is O=C(CNOCc1ccccc1)NCC1CC1. The van der Waals surface area contributed by atoms with Crippen molar-refractivity contribution in [3.05, 3.63) is 35.9 Å². The molecular weight excluding hydrogens is 216 g/mol. The standard InChI is InChI=1S/C13H18N2O2/c16-13(14-8-11-6-7-11)9-15-17-10-12-4-2-1-3-5-12/h1-5,11,15H,6-10H2,(H,14,16). The van der Waals surface area contributed by atoms with Crippen LogP contribution in [0, 0.1) is 5.92 Å². The van der Waals surface area contributed by atoms with E-state index in [-0.39, 0.29) is 12.5 Å². The van der Waals surface area contributed by atoms with Crippen molar-refractivity contribution in [3.63, 3.8) is 0 Å². The van der Waals surface area contributed by atoms with Crippen LogP contribution in [0.4, 0.5) is 0 Å². The molecule has 0 aromatic heterocycles. The van der Waals surface area contributed by atoms with Gasteiger partial charge in [0.05, 0.1) is 13.2 Å². The molecule has 1 fully saturated rings. The maximum absolute atomic E-state index is 11.3. The molecule has 4 nitrogen and oxygen atoms in total. The van der Waals surface area contributed by atoms with Crippen LogP contribution < -0.4 is 10.8 Å². The number of amides is 1. The van der Waals surface area contributed by atoms with Crippen LogP contribution in [0.3, 0.4) is 0 Å². The molecule has 1 aliphatic carbocycles. The van der Waals surface area contributed by atoms with Gasteiger partial charge in [-0.05, 0) is 24.3 Å². The van der Waals surface area contributed by atoms with Crippen LogP contribution in [-0.4, -0.2) is 19.0 Å². The Morgan fingerprint density at radius 3 is 2.76 bits per heavy atom. The summed E-state index contributed by atoms with van der Waals surface area (Å²) in [6.45, 7) is 1.48. The molecule has 17 heavy (non-hydrogen) atoms. The van der Waals surface area contributed by atoms with Crippen molar-refractivity contribution in [2.24, 2.45) is 5.92 Å². The second-order valence-electron chi connectivity index (χ2n) is 4.34. The number of carbonyl (C=O) groups excluding carboxylic acids is 1. The van der Waals surface area contributed by atoms with Crippen LogP contribution in [0.25, 0.3) is 0 Å². The number of hydroxylamine groups is 1. The Labute approximate surface area is 101 Å². The van der Waals surface area contributed by atoms with Gasteiger partial charge in [-0.25, -0.2) is 0 Å². The molecule has 1 saturated carbocycles. The van der Waals surface area contributed by atoms with Gasteiger partial charge in [0.1, 0.15) is 0 Å². The second-order valence-corrected chi connectivity index (χ2v) is 4.34. The minimum absolute atomic E-state index is 0.00929. The first-order chi connectivity index (χ1) is 8.34. The molecule has 0 atom stereocenters. The molecule has 0 unspecified atom stereocenters. The largest absolute Gasteiger partial charge is 0.355 e. The molecule has 0 bridgehead atoms. The van der Waals surface area contributed by atoms with E-state index in [0.29, 0.717) is 12.5 Å². The molecular formula is C13H18N2O2. The molecule has 4 heteroatoms. The summed E-state index contributed by atoms with van der Waals surface area (Å²) in [4.78, 5) is 16.5. The summed E-state index contributed by atoms with van der Waals surface area (Å²) < 4.78 is 0. The normalized spacial score (nSPS) is 14.6. The lowest BCUT2D eigenvalue weighted by molar-refractivity contribution is -0.123. The maximum atomic E-state index is 11.3. The Kier molecular flexibility index (Phi) is 4.53. The quantitative estimate of drug-likeness (QED) is 0.551. The van der Waals surface area contributed by atoms with Crippen LogP contribution in [0.15, 0.2) is 30.3 Å². The summed E-state index contributed by atoms with van der Waals surface area (Å²) in [5.41, 5.74) is 3.75. The van der Waals surface area contributed by atoms with Gasteiger partial charge in [-0.15, -0.1) is 0 Å². The van der Waals surface area contributed by atoms with E-state index in [4.69, 9.17) is 4.84 Å². The van der Waals surface area contributed by atoms with Gasteiger partial charge < -0.3 is 5.32 Å². The van der Waals surface area contributed by atoms with Gasteiger partial charge in [0, 0.05) is 6.54 Å². The number of carbonyl (C=O) groups is 1. The number of hydrogen-bond donors (Lipinski definition) is 2. The first kappa shape index (κ1) is 12.1. The molecule has 0 saturated heterocycles. The van der Waals surface area contributed by atoms with Crippen LogP contribution in [0.1, 0.15) is 18.4 Å². The molecule has 1 aromatic carbocycles. The monoisotopic (exact) mass is 234 g/mol. The molecule has 0 spiro atoms. The Morgan fingerprint density at radius 2 is 2.06 bits per heavy atom. The molecule has 1 aromatic rings. The van der Waals surface area contributed by atoms with Gasteiger partial charge in [-0.1, -0.05) is 30.3 Å². The van der Waals surface area contributed by atoms with Gasteiger partial charge in [0.25, 0.3) is 0 Å². The lowest BCUT2D eigenvalue weighted by Crippen LogP contribution is -2.34. The fourth-order valence-corrected chi connectivity index (χ4v) is 1.47. The van der Waals surface area contributed by atoms with Crippen LogP contribution in [0.2, 0.25) is 0 Å². The van der Waals surface area contributed by atoms with E-state index >= 15 is 0 Å². The minimum Gasteiger partial charge on any atom is -0.355 e. The van der Waals surface area contributed by atoms with Gasteiger partial charge in [-0.2, -0.15) is 5.48 Å². The average molecular weight is 234 g/mol. The highest BCUT2D eigenvalue weighted by Gasteiger charge is 2.21. The summed E-state index contributed by atoms with van der Waals surface area (Å²) in [5, 5.41) is 2.86. The summed E-state index contributed by atoms with van der Waals surface area (Å²) in [5.74, 6) is 0.703. The number of hydrogen-bond acceptors (Lipinski definition) is 3. The highest BCUT2D eigenvalue weighted by atomic mass is 16.6. The van der Waals surface area contributed by atoms with E-state index in [1.807, 2.05) is 30.3 Å². The predicted octanol–water partition coefficient (Wildman–Crippen LogP) is 1.23. The third-order valence-electron chi connectivity index (χ3n) is 2.70. The molecule has 0 heterocycles. The van der Waals surface area contributed by atoms with Crippen molar-refractivity contribution >= 4 is 5.91 Å². The molecule has 92 valence electrons. The van der Waals surface area contributed by atoms with Gasteiger partial charge in [0.15, 0.2) is 0 Å². The zero-order valence-electron chi connectivity index (χ0n) is 9.82. The number of nitrogens with one attached hydrogen (secondary N) is 2. The summed E-state index contributed by atoms with van der Waals surface area (Å²) >= 11 is 0. The van der Waals surface area contributed by atoms with Crippen molar-refractivity contribution < 1.29 is 9.63 Å². The summed E-state index contributed by atoms with van der Waals surface area (Å²) in [6, 6.07) is 9.84. The second kappa shape index (κ2) is 6.37. The van der Waals surface area contributed by atoms with Crippen molar-refractivity contribution in [2.75, 3.05) is 13.1 Å². The zero-order valence-corrected chi connectivity index (χ0v) is 9.82. The lowest BCUT2D eigenvalue weighted by Gasteiger charge is -2.06. The van der Waals surface area contributed by atoms with Gasteiger partial charge in [0.2, 0.25) is 5.91 Å². The van der Waals surface area contributed by atoms with Gasteiger partial charge >= 0.3 is 0 Å². The predicted molar refractivity (Wildman–Crippen MR) is 65.0 cm³/mol. The van der Waals surface area contributed by atoms with E-state index in [1.165, 1.54) is 12.8 Å². The summed E-state index contributed by atoms with van der Waals surface area (Å²) in [7, 11) is 0. The van der Waals surface area contributed by atoms with Crippen molar-refractivity contribution in [1.29, 1.82) is 0 Å². The molecule has 1 aliphatic rings. The van der Waals surface area contributed by atoms with E-state index in [1.54, 1.807) is 0 Å². The van der Waals surface area contributed by atoms with Crippen LogP contribution in [-0.2, 0) is 16.2 Å². The third kappa shape index (κ3) is 4.97. The maximum Gasteiger partial charge on any atom is 0.236 e. The van der Waals surface area contributed by atoms with Crippen molar-refractivity contribution in [1.82, 2.24) is 10.8 Å². The number of benzene rings is 1. The Balaban J connectivity index is 1.51. The van der Waals surface area contributed by atoms with E-state index in [0.717, 1.165) is 12.1 Å². The van der Waals surface area contributed by atoms with E-state index in [2.05, 4.69) is 10.8 Å². The van der Waals surface area contributed by atoms with Crippen molar-refractivity contribution in [2.45, 2.75) is 19.4 Å². The fraction of sp³-hybridized carbons (Fsp3) is 0.462.